The van der Waals surface area contributed by atoms with E-state index in [0.717, 1.165) is 64.1 Å². The number of aliphatic hydroxyl groups excluding tert-OH is 1. The number of hydrogen-bond acceptors (Lipinski definition) is 6. The van der Waals surface area contributed by atoms with Gasteiger partial charge < -0.3 is 14.4 Å². The summed E-state index contributed by atoms with van der Waals surface area (Å²) in [6, 6.07) is 0. The number of nitrogens with zero attached hydrogens (tertiary/aromatic N) is 5. The van der Waals surface area contributed by atoms with Crippen LogP contribution in [-0.4, -0.2) is 82.2 Å². The van der Waals surface area contributed by atoms with Crippen LogP contribution in [0.1, 0.15) is 18.6 Å². The summed E-state index contributed by atoms with van der Waals surface area (Å²) in [7, 11) is 0. The molecule has 21 heavy (non-hydrogen) atoms. The van der Waals surface area contributed by atoms with Gasteiger partial charge in [0.2, 0.25) is 0 Å². The van der Waals surface area contributed by atoms with Crippen molar-refractivity contribution in [3.8, 4) is 0 Å². The molecule has 0 atom stereocenters. The summed E-state index contributed by atoms with van der Waals surface area (Å²) in [5, 5.41) is 17.7. The molecule has 1 aromatic rings. The largest absolute Gasteiger partial charge is 0.395 e. The maximum absolute atomic E-state index is 9.27. The second-order valence-corrected chi connectivity index (χ2v) is 5.36. The molecule has 1 saturated heterocycles. The van der Waals surface area contributed by atoms with Crippen LogP contribution in [0.3, 0.4) is 0 Å². The average molecular weight is 297 g/mol. The number of rotatable bonds is 8. The Balaban J connectivity index is 1.88. The van der Waals surface area contributed by atoms with Crippen molar-refractivity contribution in [3.05, 3.63) is 11.6 Å². The normalized spacial score (nSPS) is 16.8. The highest BCUT2D eigenvalue weighted by Gasteiger charge is 2.15. The molecular weight excluding hydrogens is 270 g/mol. The predicted molar refractivity (Wildman–Crippen MR) is 80.1 cm³/mol. The third-order valence-corrected chi connectivity index (χ3v) is 3.95. The molecule has 1 aliphatic heterocycles. The van der Waals surface area contributed by atoms with Gasteiger partial charge in [-0.2, -0.15) is 0 Å². The zero-order chi connectivity index (χ0) is 15.1. The topological polar surface area (TPSA) is 66.7 Å². The lowest BCUT2D eigenvalue weighted by molar-refractivity contribution is 0.0318. The third kappa shape index (κ3) is 4.74. The van der Waals surface area contributed by atoms with Crippen LogP contribution in [0.4, 0.5) is 0 Å². The Morgan fingerprint density at radius 3 is 2.67 bits per heavy atom. The Bertz CT molecular complexity index is 417. The minimum Gasteiger partial charge on any atom is -0.395 e. The molecule has 1 aromatic heterocycles. The molecule has 120 valence electrons. The van der Waals surface area contributed by atoms with Gasteiger partial charge in [0.05, 0.1) is 26.4 Å². The first-order chi connectivity index (χ1) is 10.2. The minimum absolute atomic E-state index is 0.169. The van der Waals surface area contributed by atoms with Gasteiger partial charge in [-0.25, -0.2) is 0 Å². The lowest BCUT2D eigenvalue weighted by atomic mass is 10.3. The van der Waals surface area contributed by atoms with E-state index in [4.69, 9.17) is 4.74 Å². The molecule has 0 saturated carbocycles. The first-order valence-electron chi connectivity index (χ1n) is 7.76. The molecule has 0 amide bonds. The van der Waals surface area contributed by atoms with Gasteiger partial charge in [0.25, 0.3) is 0 Å². The molecular formula is C14H27N5O2. The van der Waals surface area contributed by atoms with E-state index < -0.39 is 0 Å². The Kier molecular flexibility index (Phi) is 6.56. The zero-order valence-corrected chi connectivity index (χ0v) is 13.2. The van der Waals surface area contributed by atoms with Crippen molar-refractivity contribution in [2.75, 3.05) is 52.5 Å². The number of aliphatic hydroxyl groups is 1. The number of aromatic nitrogens is 3. The number of ether oxygens (including phenoxy) is 1. The molecule has 2 heterocycles. The maximum Gasteiger partial charge on any atom is 0.147 e. The van der Waals surface area contributed by atoms with Crippen LogP contribution >= 0.6 is 0 Å². The first kappa shape index (κ1) is 16.4. The fourth-order valence-corrected chi connectivity index (χ4v) is 2.67. The van der Waals surface area contributed by atoms with E-state index in [9.17, 15) is 5.11 Å². The Morgan fingerprint density at radius 1 is 1.24 bits per heavy atom. The van der Waals surface area contributed by atoms with Crippen LogP contribution in [0, 0.1) is 6.92 Å². The van der Waals surface area contributed by atoms with Crippen LogP contribution in [0.25, 0.3) is 0 Å². The van der Waals surface area contributed by atoms with Crippen LogP contribution in [0.2, 0.25) is 0 Å². The SMILES string of the molecule is CCn1c(C)nnc1CN(CCO)CCN1CCOCC1. The monoisotopic (exact) mass is 297 g/mol. The van der Waals surface area contributed by atoms with E-state index in [1.54, 1.807) is 0 Å². The van der Waals surface area contributed by atoms with Gasteiger partial charge >= 0.3 is 0 Å². The lowest BCUT2D eigenvalue weighted by Gasteiger charge is -2.29. The highest BCUT2D eigenvalue weighted by Crippen LogP contribution is 2.06. The smallest absolute Gasteiger partial charge is 0.147 e. The van der Waals surface area contributed by atoms with E-state index in [1.807, 2.05) is 6.92 Å². The zero-order valence-electron chi connectivity index (χ0n) is 13.2. The highest BCUT2D eigenvalue weighted by molar-refractivity contribution is 4.93. The molecule has 0 spiro atoms. The third-order valence-electron chi connectivity index (χ3n) is 3.95. The van der Waals surface area contributed by atoms with Crippen molar-refractivity contribution in [1.82, 2.24) is 24.6 Å². The fourth-order valence-electron chi connectivity index (χ4n) is 2.67. The van der Waals surface area contributed by atoms with E-state index in [0.29, 0.717) is 6.54 Å². The Morgan fingerprint density at radius 2 is 2.00 bits per heavy atom. The van der Waals surface area contributed by atoms with Gasteiger partial charge in [-0.3, -0.25) is 9.80 Å². The van der Waals surface area contributed by atoms with Crippen LogP contribution < -0.4 is 0 Å². The molecule has 1 N–H and O–H groups in total. The van der Waals surface area contributed by atoms with Crippen LogP contribution in [0.5, 0.6) is 0 Å². The fraction of sp³-hybridized carbons (Fsp3) is 0.857. The molecule has 1 fully saturated rings. The van der Waals surface area contributed by atoms with Crippen LogP contribution in [0.15, 0.2) is 0 Å². The summed E-state index contributed by atoms with van der Waals surface area (Å²) in [4.78, 5) is 4.65. The molecule has 0 radical (unpaired) electrons. The first-order valence-corrected chi connectivity index (χ1v) is 7.76. The summed E-state index contributed by atoms with van der Waals surface area (Å²) < 4.78 is 7.49. The lowest BCUT2D eigenvalue weighted by Crippen LogP contribution is -2.42. The average Bonchev–Trinajstić information content (AvgIpc) is 2.86. The van der Waals surface area contributed by atoms with E-state index in [-0.39, 0.29) is 6.61 Å². The van der Waals surface area contributed by atoms with Crippen molar-refractivity contribution in [2.45, 2.75) is 26.9 Å². The molecule has 0 aromatic carbocycles. The molecule has 0 aliphatic carbocycles. The maximum atomic E-state index is 9.27. The van der Waals surface area contributed by atoms with E-state index in [1.165, 1.54) is 0 Å². The second kappa shape index (κ2) is 8.43. The number of aryl methyl sites for hydroxylation is 1. The van der Waals surface area contributed by atoms with Gasteiger partial charge in [-0.15, -0.1) is 10.2 Å². The summed E-state index contributed by atoms with van der Waals surface area (Å²) in [5.74, 6) is 1.93. The predicted octanol–water partition coefficient (Wildman–Crippen LogP) is -0.267. The molecule has 7 nitrogen and oxygen atoms in total. The second-order valence-electron chi connectivity index (χ2n) is 5.36. The number of hydrogen-bond donors (Lipinski definition) is 1. The molecule has 0 bridgehead atoms. The van der Waals surface area contributed by atoms with Gasteiger partial charge in [-0.1, -0.05) is 0 Å². The van der Waals surface area contributed by atoms with E-state index in [2.05, 4.69) is 31.5 Å². The quantitative estimate of drug-likeness (QED) is 0.713. The standard InChI is InChI=1S/C14H27N5O2/c1-3-19-13(2)15-16-14(19)12-18(6-9-20)5-4-17-7-10-21-11-8-17/h20H,3-12H2,1-2H3. The summed E-state index contributed by atoms with van der Waals surface area (Å²) in [6.07, 6.45) is 0. The molecule has 1 aliphatic rings. The molecule has 2 rings (SSSR count). The minimum atomic E-state index is 0.169. The van der Waals surface area contributed by atoms with Gasteiger partial charge in [0.1, 0.15) is 11.6 Å². The summed E-state index contributed by atoms with van der Waals surface area (Å²) >= 11 is 0. The molecule has 0 unspecified atom stereocenters. The van der Waals surface area contributed by atoms with Crippen molar-refractivity contribution >= 4 is 0 Å². The van der Waals surface area contributed by atoms with Crippen LogP contribution in [-0.2, 0) is 17.8 Å². The van der Waals surface area contributed by atoms with Crippen molar-refractivity contribution < 1.29 is 9.84 Å². The Labute approximate surface area is 126 Å². The summed E-state index contributed by atoms with van der Waals surface area (Å²) in [5.41, 5.74) is 0. The highest BCUT2D eigenvalue weighted by atomic mass is 16.5. The Hall–Kier alpha value is -1.02. The van der Waals surface area contributed by atoms with Crippen molar-refractivity contribution in [1.29, 1.82) is 0 Å². The van der Waals surface area contributed by atoms with Crippen molar-refractivity contribution in [3.63, 3.8) is 0 Å². The van der Waals surface area contributed by atoms with E-state index >= 15 is 0 Å². The van der Waals surface area contributed by atoms with Gasteiger partial charge in [0.15, 0.2) is 0 Å². The van der Waals surface area contributed by atoms with Crippen molar-refractivity contribution in [2.24, 2.45) is 0 Å². The number of morpholine rings is 1. The summed E-state index contributed by atoms with van der Waals surface area (Å²) in [6.45, 7) is 12.1. The van der Waals surface area contributed by atoms with Gasteiger partial charge in [0, 0.05) is 39.3 Å². The van der Waals surface area contributed by atoms with Gasteiger partial charge in [-0.05, 0) is 13.8 Å². The molecule has 7 heteroatoms.